The summed E-state index contributed by atoms with van der Waals surface area (Å²) in [6.45, 7) is 6.97. The van der Waals surface area contributed by atoms with Gasteiger partial charge < -0.3 is 8.85 Å². The molecule has 2 saturated carbocycles. The average Bonchev–Trinajstić information content (AvgIpc) is 3.18. The number of hydrogen-bond donors (Lipinski definition) is 0. The van der Waals surface area contributed by atoms with E-state index in [0.717, 1.165) is 51.4 Å². The summed E-state index contributed by atoms with van der Waals surface area (Å²) in [5.41, 5.74) is 0.432. The van der Waals surface area contributed by atoms with Crippen LogP contribution in [0.1, 0.15) is 51.4 Å². The summed E-state index contributed by atoms with van der Waals surface area (Å²) < 4.78 is 11.6. The first-order chi connectivity index (χ1) is 10.1. The van der Waals surface area contributed by atoms with Crippen molar-refractivity contribution in [2.45, 2.75) is 62.4 Å². The van der Waals surface area contributed by atoms with E-state index in [4.69, 9.17) is 8.85 Å². The molecule has 2 aliphatic carbocycles. The fraction of sp³-hybridized carbons (Fsp3) is 0.625. The van der Waals surface area contributed by atoms with Gasteiger partial charge in [0, 0.05) is 23.2 Å². The summed E-state index contributed by atoms with van der Waals surface area (Å²) in [7, 11) is -2.94. The molecule has 0 aromatic heterocycles. The lowest BCUT2D eigenvalue weighted by Crippen LogP contribution is -2.52. The fourth-order valence-corrected chi connectivity index (χ4v) is 8.34. The first-order valence-electron chi connectivity index (χ1n) is 7.83. The summed E-state index contributed by atoms with van der Waals surface area (Å²) in [5, 5.41) is 0. The van der Waals surface area contributed by atoms with Gasteiger partial charge in [-0.05, 0) is 25.7 Å². The Morgan fingerprint density at radius 3 is 1.43 bits per heavy atom. The highest BCUT2D eigenvalue weighted by molar-refractivity contribution is 6.73. The zero-order valence-electron chi connectivity index (χ0n) is 12.5. The lowest BCUT2D eigenvalue weighted by atomic mass is 10.3. The van der Waals surface area contributed by atoms with Crippen molar-refractivity contribution in [1.29, 1.82) is 0 Å². The molecule has 0 N–H and O–H groups in total. The zero-order chi connectivity index (χ0) is 15.3. The summed E-state index contributed by atoms with van der Waals surface area (Å²) in [6, 6.07) is 0. The minimum absolute atomic E-state index is 0.216. The minimum atomic E-state index is -2.94. The molecule has 0 saturated heterocycles. The molecule has 0 aliphatic heterocycles. The van der Waals surface area contributed by atoms with E-state index in [0.29, 0.717) is 0 Å². The molecular weight excluding hydrogens is 284 g/mol. The van der Waals surface area contributed by atoms with Crippen LogP contribution in [0.4, 0.5) is 0 Å². The van der Waals surface area contributed by atoms with Crippen LogP contribution in [0.15, 0.2) is 25.3 Å². The molecule has 0 radical (unpaired) electrons. The number of hydrogen-bond acceptors (Lipinski definition) is 4. The first-order valence-corrected chi connectivity index (χ1v) is 9.80. The van der Waals surface area contributed by atoms with Crippen LogP contribution >= 0.6 is 0 Å². The van der Waals surface area contributed by atoms with Crippen LogP contribution in [0.3, 0.4) is 0 Å². The van der Waals surface area contributed by atoms with Gasteiger partial charge in [-0.25, -0.2) is 9.59 Å². The molecule has 2 aliphatic rings. The SMILES string of the molecule is C=CC(=O)O[Si](OC(=O)C=C)(C1CCCC1)C1CCCC1. The van der Waals surface area contributed by atoms with E-state index in [9.17, 15) is 9.59 Å². The molecule has 0 aromatic rings. The Morgan fingerprint density at radius 1 is 0.810 bits per heavy atom. The van der Waals surface area contributed by atoms with Gasteiger partial charge in [0.05, 0.1) is 0 Å². The van der Waals surface area contributed by atoms with Gasteiger partial charge in [0.2, 0.25) is 0 Å². The quantitative estimate of drug-likeness (QED) is 0.553. The van der Waals surface area contributed by atoms with Gasteiger partial charge in [-0.1, -0.05) is 38.8 Å². The predicted molar refractivity (Wildman–Crippen MR) is 82.8 cm³/mol. The van der Waals surface area contributed by atoms with Gasteiger partial charge in [0.15, 0.2) is 0 Å². The third-order valence-corrected chi connectivity index (χ3v) is 9.17. The maximum atomic E-state index is 11.9. The molecule has 0 bridgehead atoms. The lowest BCUT2D eigenvalue weighted by Gasteiger charge is -2.37. The van der Waals surface area contributed by atoms with Crippen LogP contribution in [-0.4, -0.2) is 20.5 Å². The monoisotopic (exact) mass is 308 g/mol. The normalized spacial score (nSPS) is 20.2. The highest BCUT2D eigenvalue weighted by atomic mass is 28.4. The van der Waals surface area contributed by atoms with Gasteiger partial charge in [-0.15, -0.1) is 0 Å². The second kappa shape index (κ2) is 7.07. The molecule has 0 unspecified atom stereocenters. The minimum Gasteiger partial charge on any atom is -0.481 e. The Balaban J connectivity index is 2.33. The molecule has 0 amide bonds. The summed E-state index contributed by atoms with van der Waals surface area (Å²) in [6.07, 6.45) is 10.7. The van der Waals surface area contributed by atoms with Crippen molar-refractivity contribution in [2.75, 3.05) is 0 Å². The van der Waals surface area contributed by atoms with E-state index in [1.807, 2.05) is 0 Å². The van der Waals surface area contributed by atoms with Gasteiger partial charge in [0.25, 0.3) is 0 Å². The highest BCUT2D eigenvalue weighted by Crippen LogP contribution is 2.51. The number of carbonyl (C=O) groups excluding carboxylic acids is 2. The summed E-state index contributed by atoms with van der Waals surface area (Å²) >= 11 is 0. The van der Waals surface area contributed by atoms with E-state index in [-0.39, 0.29) is 11.1 Å². The summed E-state index contributed by atoms with van der Waals surface area (Å²) in [5.74, 6) is -0.922. The molecule has 2 fully saturated rings. The zero-order valence-corrected chi connectivity index (χ0v) is 13.5. The van der Waals surface area contributed by atoms with Crippen molar-refractivity contribution in [3.8, 4) is 0 Å². The maximum absolute atomic E-state index is 11.9. The van der Waals surface area contributed by atoms with Crippen molar-refractivity contribution in [1.82, 2.24) is 0 Å². The molecule has 0 aromatic carbocycles. The molecule has 0 atom stereocenters. The molecule has 21 heavy (non-hydrogen) atoms. The topological polar surface area (TPSA) is 52.6 Å². The van der Waals surface area contributed by atoms with Crippen molar-refractivity contribution < 1.29 is 18.4 Å². The Labute approximate surface area is 127 Å². The molecule has 116 valence electrons. The highest BCUT2D eigenvalue weighted by Gasteiger charge is 2.58. The molecule has 0 heterocycles. The van der Waals surface area contributed by atoms with Crippen molar-refractivity contribution in [3.63, 3.8) is 0 Å². The van der Waals surface area contributed by atoms with Crippen LogP contribution in [0, 0.1) is 0 Å². The smallest absolute Gasteiger partial charge is 0.471 e. The van der Waals surface area contributed by atoms with Crippen molar-refractivity contribution in [2.24, 2.45) is 0 Å². The van der Waals surface area contributed by atoms with E-state index < -0.39 is 20.5 Å². The standard InChI is InChI=1S/C16H24O4Si/c1-3-15(17)19-21(20-16(18)4-2,13-9-5-6-10-13)14-11-7-8-12-14/h3-4,13-14H,1-2,5-12H2. The second-order valence-electron chi connectivity index (χ2n) is 5.93. The molecule has 0 spiro atoms. The van der Waals surface area contributed by atoms with Crippen LogP contribution in [0.2, 0.25) is 11.1 Å². The van der Waals surface area contributed by atoms with Gasteiger partial charge in [0.1, 0.15) is 0 Å². The Morgan fingerprint density at radius 2 is 1.14 bits per heavy atom. The van der Waals surface area contributed by atoms with Crippen LogP contribution < -0.4 is 0 Å². The average molecular weight is 308 g/mol. The van der Waals surface area contributed by atoms with Crippen LogP contribution in [0.25, 0.3) is 0 Å². The molecule has 2 rings (SSSR count). The van der Waals surface area contributed by atoms with E-state index >= 15 is 0 Å². The van der Waals surface area contributed by atoms with Gasteiger partial charge in [-0.2, -0.15) is 0 Å². The van der Waals surface area contributed by atoms with Gasteiger partial charge in [-0.3, -0.25) is 0 Å². The lowest BCUT2D eigenvalue weighted by molar-refractivity contribution is -0.136. The van der Waals surface area contributed by atoms with Crippen molar-refractivity contribution >= 4 is 20.5 Å². The molecule has 5 heteroatoms. The number of rotatable bonds is 6. The number of carbonyl (C=O) groups is 2. The van der Waals surface area contributed by atoms with E-state index in [1.54, 1.807) is 0 Å². The third-order valence-electron chi connectivity index (χ3n) is 4.70. The maximum Gasteiger partial charge on any atom is 0.471 e. The third kappa shape index (κ3) is 3.46. The Hall–Kier alpha value is -1.36. The predicted octanol–water partition coefficient (Wildman–Crippen LogP) is 3.78. The Kier molecular flexibility index (Phi) is 5.39. The van der Waals surface area contributed by atoms with Crippen LogP contribution in [0.5, 0.6) is 0 Å². The molecule has 4 nitrogen and oxygen atoms in total. The Bertz CT molecular complexity index is 380. The van der Waals surface area contributed by atoms with Crippen molar-refractivity contribution in [3.05, 3.63) is 25.3 Å². The second-order valence-corrected chi connectivity index (χ2v) is 9.42. The van der Waals surface area contributed by atoms with E-state index in [1.165, 1.54) is 12.2 Å². The van der Waals surface area contributed by atoms with Gasteiger partial charge >= 0.3 is 20.5 Å². The largest absolute Gasteiger partial charge is 0.481 e. The first kappa shape index (κ1) is 16.0. The fourth-order valence-electron chi connectivity index (χ4n) is 3.74. The molecular formula is C16H24O4Si. The summed E-state index contributed by atoms with van der Waals surface area (Å²) in [4.78, 5) is 23.8. The van der Waals surface area contributed by atoms with Crippen LogP contribution in [-0.2, 0) is 18.4 Å². The van der Waals surface area contributed by atoms with E-state index in [2.05, 4.69) is 13.2 Å².